The van der Waals surface area contributed by atoms with Crippen molar-refractivity contribution in [1.29, 1.82) is 10.8 Å². The van der Waals surface area contributed by atoms with E-state index in [4.69, 9.17) is 22.4 Å². The Morgan fingerprint density at radius 3 is 2.57 bits per heavy atom. The summed E-state index contributed by atoms with van der Waals surface area (Å²) < 4.78 is 0. The summed E-state index contributed by atoms with van der Waals surface area (Å²) in [6.45, 7) is 1.83. The number of aryl methyl sites for hydroxylation is 1. The minimum atomic E-state index is -0.426. The Morgan fingerprint density at radius 2 is 1.93 bits per heavy atom. The average molecular weight is 393 g/mol. The van der Waals surface area contributed by atoms with E-state index in [1.165, 1.54) is 31.0 Å². The van der Waals surface area contributed by atoms with Gasteiger partial charge in [-0.15, -0.1) is 0 Å². The molecule has 28 heavy (non-hydrogen) atoms. The van der Waals surface area contributed by atoms with Gasteiger partial charge in [0.05, 0.1) is 34.6 Å². The van der Waals surface area contributed by atoms with Crippen molar-refractivity contribution in [3.05, 3.63) is 70.8 Å². The fourth-order valence-electron chi connectivity index (χ4n) is 2.60. The molecular formula is C20H17ClN6O. The number of nitrogens with one attached hydrogen (secondary N) is 3. The zero-order chi connectivity index (χ0) is 20.1. The van der Waals surface area contributed by atoms with E-state index in [0.717, 1.165) is 11.1 Å². The zero-order valence-corrected chi connectivity index (χ0v) is 15.7. The Kier molecular flexibility index (Phi) is 5.86. The van der Waals surface area contributed by atoms with E-state index in [2.05, 4.69) is 20.3 Å². The van der Waals surface area contributed by atoms with Crippen LogP contribution in [-0.2, 0) is 0 Å². The normalized spacial score (nSPS) is 11.5. The molecule has 3 N–H and O–H groups in total. The predicted molar refractivity (Wildman–Crippen MR) is 110 cm³/mol. The number of hydrogen-bond donors (Lipinski definition) is 3. The first-order valence-corrected chi connectivity index (χ1v) is 8.76. The maximum absolute atomic E-state index is 12.3. The molecule has 0 atom stereocenters. The summed E-state index contributed by atoms with van der Waals surface area (Å²) in [4.78, 5) is 24.9. The Bertz CT molecular complexity index is 1030. The Morgan fingerprint density at radius 1 is 1.14 bits per heavy atom. The summed E-state index contributed by atoms with van der Waals surface area (Å²) in [6.07, 6.45) is 8.46. The van der Waals surface area contributed by atoms with Gasteiger partial charge in [0.1, 0.15) is 0 Å². The number of aromatic nitrogens is 3. The maximum Gasteiger partial charge on any atom is 0.258 e. The number of amides is 1. The molecule has 0 saturated carbocycles. The molecule has 140 valence electrons. The SMILES string of the molecule is Cc1ccncc1C(=O)Nc1cnc(-c2cc(C(C=N)C=N)ccc2Cl)cn1. The van der Waals surface area contributed by atoms with Crippen LogP contribution in [0.5, 0.6) is 0 Å². The molecular weight excluding hydrogens is 376 g/mol. The minimum absolute atomic E-state index is 0.307. The van der Waals surface area contributed by atoms with E-state index in [1.54, 1.807) is 30.5 Å². The molecule has 0 aliphatic rings. The first-order chi connectivity index (χ1) is 13.5. The van der Waals surface area contributed by atoms with Crippen LogP contribution in [0, 0.1) is 17.7 Å². The van der Waals surface area contributed by atoms with Gasteiger partial charge in [-0.2, -0.15) is 0 Å². The molecule has 0 aliphatic heterocycles. The van der Waals surface area contributed by atoms with Crippen LogP contribution in [-0.4, -0.2) is 33.3 Å². The van der Waals surface area contributed by atoms with Crippen LogP contribution in [0.3, 0.4) is 0 Å². The summed E-state index contributed by atoms with van der Waals surface area (Å²) in [7, 11) is 0. The third kappa shape index (κ3) is 4.10. The summed E-state index contributed by atoms with van der Waals surface area (Å²) >= 11 is 6.28. The highest BCUT2D eigenvalue weighted by molar-refractivity contribution is 6.33. The fourth-order valence-corrected chi connectivity index (χ4v) is 2.82. The second-order valence-corrected chi connectivity index (χ2v) is 6.44. The molecule has 8 heteroatoms. The Hall–Kier alpha value is -3.45. The smallest absolute Gasteiger partial charge is 0.258 e. The number of hydrogen-bond acceptors (Lipinski definition) is 6. The Labute approximate surface area is 166 Å². The van der Waals surface area contributed by atoms with E-state index in [-0.39, 0.29) is 5.91 Å². The molecule has 1 aromatic carbocycles. The van der Waals surface area contributed by atoms with Crippen molar-refractivity contribution in [3.8, 4) is 11.3 Å². The topological polar surface area (TPSA) is 115 Å². The zero-order valence-electron chi connectivity index (χ0n) is 15.0. The third-order valence-electron chi connectivity index (χ3n) is 4.19. The summed E-state index contributed by atoms with van der Waals surface area (Å²) in [6, 6.07) is 7.01. The van der Waals surface area contributed by atoms with Gasteiger partial charge in [0, 0.05) is 30.4 Å². The molecule has 0 saturated heterocycles. The van der Waals surface area contributed by atoms with Crippen LogP contribution in [0.25, 0.3) is 11.3 Å². The van der Waals surface area contributed by atoms with Gasteiger partial charge in [-0.1, -0.05) is 17.7 Å². The molecule has 0 spiro atoms. The monoisotopic (exact) mass is 392 g/mol. The quantitative estimate of drug-likeness (QED) is 0.546. The van der Waals surface area contributed by atoms with Crippen molar-refractivity contribution >= 4 is 35.8 Å². The first-order valence-electron chi connectivity index (χ1n) is 8.38. The molecule has 3 aromatic rings. The van der Waals surface area contributed by atoms with Crippen molar-refractivity contribution < 1.29 is 4.79 Å². The van der Waals surface area contributed by atoms with Gasteiger partial charge < -0.3 is 16.1 Å². The number of anilines is 1. The average Bonchev–Trinajstić information content (AvgIpc) is 2.71. The number of nitrogens with zero attached hydrogens (tertiary/aromatic N) is 3. The molecule has 2 heterocycles. The van der Waals surface area contributed by atoms with Crippen LogP contribution in [0.15, 0.2) is 49.1 Å². The van der Waals surface area contributed by atoms with Crippen LogP contribution in [0.1, 0.15) is 27.4 Å². The highest BCUT2D eigenvalue weighted by Gasteiger charge is 2.13. The molecule has 0 aliphatic carbocycles. The number of halogens is 1. The van der Waals surface area contributed by atoms with Crippen molar-refractivity contribution in [2.75, 3.05) is 5.32 Å². The molecule has 3 rings (SSSR count). The lowest BCUT2D eigenvalue weighted by Crippen LogP contribution is -2.14. The van der Waals surface area contributed by atoms with Gasteiger partial charge in [-0.3, -0.25) is 14.8 Å². The lowest BCUT2D eigenvalue weighted by molar-refractivity contribution is 0.102. The van der Waals surface area contributed by atoms with Crippen molar-refractivity contribution in [3.63, 3.8) is 0 Å². The lowest BCUT2D eigenvalue weighted by atomic mass is 9.98. The van der Waals surface area contributed by atoms with Gasteiger partial charge >= 0.3 is 0 Å². The highest BCUT2D eigenvalue weighted by Crippen LogP contribution is 2.29. The van der Waals surface area contributed by atoms with E-state index < -0.39 is 5.92 Å². The number of carbonyl (C=O) groups excluding carboxylic acids is 1. The lowest BCUT2D eigenvalue weighted by Gasteiger charge is -2.11. The van der Waals surface area contributed by atoms with Crippen LogP contribution in [0.2, 0.25) is 5.02 Å². The summed E-state index contributed by atoms with van der Waals surface area (Å²) in [5.41, 5.74) is 3.20. The minimum Gasteiger partial charge on any atom is -0.312 e. The van der Waals surface area contributed by atoms with E-state index in [9.17, 15) is 4.79 Å². The predicted octanol–water partition coefficient (Wildman–Crippen LogP) is 4.14. The highest BCUT2D eigenvalue weighted by atomic mass is 35.5. The number of rotatable bonds is 6. The molecule has 1 amide bonds. The van der Waals surface area contributed by atoms with Crippen molar-refractivity contribution in [2.45, 2.75) is 12.8 Å². The van der Waals surface area contributed by atoms with E-state index in [1.807, 2.05) is 6.92 Å². The number of benzene rings is 1. The summed E-state index contributed by atoms with van der Waals surface area (Å²) in [5, 5.41) is 18.0. The largest absolute Gasteiger partial charge is 0.312 e. The van der Waals surface area contributed by atoms with Crippen LogP contribution < -0.4 is 5.32 Å². The molecule has 2 aromatic heterocycles. The van der Waals surface area contributed by atoms with Gasteiger partial charge in [0.2, 0.25) is 0 Å². The van der Waals surface area contributed by atoms with Gasteiger partial charge in [0.25, 0.3) is 5.91 Å². The molecule has 0 unspecified atom stereocenters. The van der Waals surface area contributed by atoms with E-state index >= 15 is 0 Å². The second-order valence-electron chi connectivity index (χ2n) is 6.03. The van der Waals surface area contributed by atoms with Gasteiger partial charge in [-0.25, -0.2) is 4.98 Å². The molecule has 0 radical (unpaired) electrons. The van der Waals surface area contributed by atoms with Crippen LogP contribution in [0.4, 0.5) is 5.82 Å². The number of pyridine rings is 1. The fraction of sp³-hybridized carbons (Fsp3) is 0.100. The number of carbonyl (C=O) groups is 1. The second kappa shape index (κ2) is 8.49. The maximum atomic E-state index is 12.3. The Balaban J connectivity index is 1.84. The van der Waals surface area contributed by atoms with Crippen molar-refractivity contribution in [1.82, 2.24) is 15.0 Å². The standard InChI is InChI=1S/C20H17ClN6O/c1-12-4-5-24-9-16(12)20(28)27-19-11-25-18(10-26-19)15-6-13(2-3-17(15)21)14(7-22)8-23/h2-11,14,22-23H,1H3,(H,26,27,28). The molecule has 0 fully saturated rings. The molecule has 0 bridgehead atoms. The first kappa shape index (κ1) is 19.3. The van der Waals surface area contributed by atoms with Crippen molar-refractivity contribution in [2.24, 2.45) is 0 Å². The van der Waals surface area contributed by atoms with Crippen LogP contribution >= 0.6 is 11.6 Å². The van der Waals surface area contributed by atoms with Gasteiger partial charge in [0.15, 0.2) is 5.82 Å². The van der Waals surface area contributed by atoms with Gasteiger partial charge in [-0.05, 0) is 36.2 Å². The molecule has 7 nitrogen and oxygen atoms in total. The summed E-state index contributed by atoms with van der Waals surface area (Å²) in [5.74, 6) is -0.432. The van der Waals surface area contributed by atoms with E-state index in [0.29, 0.717) is 27.7 Å². The third-order valence-corrected chi connectivity index (χ3v) is 4.52.